The molecule has 0 aromatic heterocycles. The maximum atomic E-state index is 13.5. The number of alkyl halides is 1. The zero-order valence-corrected chi connectivity index (χ0v) is 14.1. The Morgan fingerprint density at radius 1 is 1.04 bits per heavy atom. The largest absolute Gasteiger partial charge is 0.486 e. The van der Waals surface area contributed by atoms with Gasteiger partial charge >= 0.3 is 0 Å². The number of unbranched alkanes of at least 4 members (excludes halogenated alkanes) is 1. The van der Waals surface area contributed by atoms with Crippen LogP contribution in [0.15, 0.2) is 42.5 Å². The van der Waals surface area contributed by atoms with Gasteiger partial charge in [-0.1, -0.05) is 40.2 Å². The first-order chi connectivity index (χ1) is 11.1. The van der Waals surface area contributed by atoms with Crippen molar-refractivity contribution in [1.29, 1.82) is 0 Å². The molecule has 0 fully saturated rings. The molecule has 0 unspecified atom stereocenters. The summed E-state index contributed by atoms with van der Waals surface area (Å²) in [5.41, 5.74) is 1.44. The summed E-state index contributed by atoms with van der Waals surface area (Å²) >= 11 is 3.34. The molecule has 122 valence electrons. The van der Waals surface area contributed by atoms with Gasteiger partial charge in [0.05, 0.1) is 0 Å². The number of carbonyl (C=O) groups excluding carboxylic acids is 1. The molecular weight excluding hydrogens is 366 g/mol. The zero-order chi connectivity index (χ0) is 16.7. The number of ether oxygens (including phenoxy) is 1. The van der Waals surface area contributed by atoms with Crippen molar-refractivity contribution in [3.8, 4) is 5.75 Å². The molecule has 2 rings (SSSR count). The molecule has 0 spiro atoms. The van der Waals surface area contributed by atoms with E-state index in [2.05, 4.69) is 15.9 Å². The van der Waals surface area contributed by atoms with Crippen LogP contribution >= 0.6 is 15.9 Å². The number of rotatable bonds is 8. The summed E-state index contributed by atoms with van der Waals surface area (Å²) in [5.74, 6) is -1.18. The van der Waals surface area contributed by atoms with Crippen molar-refractivity contribution in [3.63, 3.8) is 0 Å². The first-order valence-electron chi connectivity index (χ1n) is 7.36. The van der Waals surface area contributed by atoms with E-state index >= 15 is 0 Å². The summed E-state index contributed by atoms with van der Waals surface area (Å²) < 4.78 is 31.8. The van der Waals surface area contributed by atoms with E-state index in [-0.39, 0.29) is 18.1 Å². The van der Waals surface area contributed by atoms with E-state index in [1.54, 1.807) is 24.3 Å². The second kappa shape index (κ2) is 8.77. The van der Waals surface area contributed by atoms with E-state index < -0.39 is 11.6 Å². The van der Waals surface area contributed by atoms with Crippen LogP contribution < -0.4 is 4.74 Å². The van der Waals surface area contributed by atoms with Crippen LogP contribution in [0.4, 0.5) is 8.78 Å². The molecule has 0 N–H and O–H groups in total. The van der Waals surface area contributed by atoms with Gasteiger partial charge in [-0.15, -0.1) is 0 Å². The van der Waals surface area contributed by atoms with Crippen LogP contribution in [-0.4, -0.2) is 11.1 Å². The summed E-state index contributed by atoms with van der Waals surface area (Å²) in [5, 5.41) is 0.896. The van der Waals surface area contributed by atoms with Gasteiger partial charge in [0, 0.05) is 23.4 Å². The number of hydrogen-bond donors (Lipinski definition) is 0. The molecule has 0 radical (unpaired) electrons. The minimum Gasteiger partial charge on any atom is -0.486 e. The van der Waals surface area contributed by atoms with Crippen molar-refractivity contribution < 1.29 is 18.3 Å². The molecule has 5 heteroatoms. The van der Waals surface area contributed by atoms with Crippen LogP contribution in [0.1, 0.15) is 35.2 Å². The van der Waals surface area contributed by atoms with Gasteiger partial charge in [-0.25, -0.2) is 8.78 Å². The van der Waals surface area contributed by atoms with Crippen molar-refractivity contribution >= 4 is 21.7 Å². The molecule has 2 aromatic carbocycles. The average molecular weight is 383 g/mol. The van der Waals surface area contributed by atoms with Crippen LogP contribution in [0.2, 0.25) is 0 Å². The SMILES string of the molecule is O=C(CCCCBr)c1ccc(COc2cc(F)ccc2F)cc1. The van der Waals surface area contributed by atoms with Crippen LogP contribution in [-0.2, 0) is 6.61 Å². The van der Waals surface area contributed by atoms with Gasteiger partial charge in [0.15, 0.2) is 17.3 Å². The predicted octanol–water partition coefficient (Wildman–Crippen LogP) is 5.29. The Balaban J connectivity index is 1.92. The van der Waals surface area contributed by atoms with Gasteiger partial charge in [-0.3, -0.25) is 4.79 Å². The molecule has 0 amide bonds. The summed E-state index contributed by atoms with van der Waals surface area (Å²) in [4.78, 5) is 12.0. The Morgan fingerprint density at radius 3 is 2.48 bits per heavy atom. The smallest absolute Gasteiger partial charge is 0.165 e. The Kier molecular flexibility index (Phi) is 6.71. The minimum atomic E-state index is -0.606. The standard InChI is InChI=1S/C18H17BrF2O2/c19-10-2-1-3-17(22)14-6-4-13(5-7-14)12-23-18-11-15(20)8-9-16(18)21/h4-9,11H,1-3,10,12H2. The van der Waals surface area contributed by atoms with Crippen LogP contribution in [0.3, 0.4) is 0 Å². The molecule has 0 atom stereocenters. The van der Waals surface area contributed by atoms with Crippen molar-refractivity contribution in [2.75, 3.05) is 5.33 Å². The van der Waals surface area contributed by atoms with Gasteiger partial charge in [0.1, 0.15) is 12.4 Å². The third-order valence-corrected chi connectivity index (χ3v) is 3.91. The molecular formula is C18H17BrF2O2. The van der Waals surface area contributed by atoms with Crippen molar-refractivity contribution in [2.24, 2.45) is 0 Å². The Morgan fingerprint density at radius 2 is 1.78 bits per heavy atom. The highest BCUT2D eigenvalue weighted by molar-refractivity contribution is 9.09. The van der Waals surface area contributed by atoms with Gasteiger partial charge in [-0.2, -0.15) is 0 Å². The summed E-state index contributed by atoms with van der Waals surface area (Å²) in [6.45, 7) is 0.110. The average Bonchev–Trinajstić information content (AvgIpc) is 2.56. The number of ketones is 1. The number of hydrogen-bond acceptors (Lipinski definition) is 2. The molecule has 23 heavy (non-hydrogen) atoms. The number of carbonyl (C=O) groups is 1. The number of halogens is 3. The van der Waals surface area contributed by atoms with Gasteiger partial charge in [-0.05, 0) is 30.5 Å². The van der Waals surface area contributed by atoms with Gasteiger partial charge in [0.25, 0.3) is 0 Å². The third kappa shape index (κ3) is 5.43. The number of benzene rings is 2. The molecule has 0 heterocycles. The molecule has 0 saturated heterocycles. The van der Waals surface area contributed by atoms with Crippen LogP contribution in [0.5, 0.6) is 5.75 Å². The second-order valence-corrected chi connectivity index (χ2v) is 5.92. The lowest BCUT2D eigenvalue weighted by Crippen LogP contribution is -2.01. The fourth-order valence-electron chi connectivity index (χ4n) is 2.06. The lowest BCUT2D eigenvalue weighted by Gasteiger charge is -2.08. The Bertz CT molecular complexity index is 657. The fourth-order valence-corrected chi connectivity index (χ4v) is 2.46. The van der Waals surface area contributed by atoms with E-state index in [0.29, 0.717) is 12.0 Å². The van der Waals surface area contributed by atoms with Crippen LogP contribution in [0, 0.1) is 11.6 Å². The van der Waals surface area contributed by atoms with Crippen molar-refractivity contribution in [1.82, 2.24) is 0 Å². The monoisotopic (exact) mass is 382 g/mol. The van der Waals surface area contributed by atoms with E-state index in [0.717, 1.165) is 41.9 Å². The van der Waals surface area contributed by atoms with E-state index in [9.17, 15) is 13.6 Å². The molecule has 0 aliphatic carbocycles. The zero-order valence-electron chi connectivity index (χ0n) is 12.5. The summed E-state index contributed by atoms with van der Waals surface area (Å²) in [6, 6.07) is 10.1. The van der Waals surface area contributed by atoms with E-state index in [1.165, 1.54) is 0 Å². The topological polar surface area (TPSA) is 26.3 Å². The summed E-state index contributed by atoms with van der Waals surface area (Å²) in [7, 11) is 0. The predicted molar refractivity (Wildman–Crippen MR) is 89.1 cm³/mol. The molecule has 2 aromatic rings. The lowest BCUT2D eigenvalue weighted by atomic mass is 10.0. The lowest BCUT2D eigenvalue weighted by molar-refractivity contribution is 0.0980. The van der Waals surface area contributed by atoms with E-state index in [4.69, 9.17) is 4.74 Å². The maximum Gasteiger partial charge on any atom is 0.165 e. The van der Waals surface area contributed by atoms with Crippen LogP contribution in [0.25, 0.3) is 0 Å². The molecule has 0 bridgehead atoms. The molecule has 0 saturated carbocycles. The first kappa shape index (κ1) is 17.6. The molecule has 0 aliphatic heterocycles. The fraction of sp³-hybridized carbons (Fsp3) is 0.278. The maximum absolute atomic E-state index is 13.5. The molecule has 2 nitrogen and oxygen atoms in total. The third-order valence-electron chi connectivity index (χ3n) is 3.35. The minimum absolute atomic E-state index is 0.106. The Labute approximate surface area is 142 Å². The highest BCUT2D eigenvalue weighted by Gasteiger charge is 2.07. The second-order valence-electron chi connectivity index (χ2n) is 5.13. The van der Waals surface area contributed by atoms with Gasteiger partial charge in [0.2, 0.25) is 0 Å². The normalized spacial score (nSPS) is 10.6. The Hall–Kier alpha value is -1.75. The highest BCUT2D eigenvalue weighted by atomic mass is 79.9. The summed E-state index contributed by atoms with van der Waals surface area (Å²) in [6.07, 6.45) is 2.35. The quantitative estimate of drug-likeness (QED) is 0.352. The van der Waals surface area contributed by atoms with Crippen molar-refractivity contribution in [2.45, 2.75) is 25.9 Å². The highest BCUT2D eigenvalue weighted by Crippen LogP contribution is 2.19. The molecule has 0 aliphatic rings. The van der Waals surface area contributed by atoms with E-state index in [1.807, 2.05) is 0 Å². The van der Waals surface area contributed by atoms with Crippen molar-refractivity contribution in [3.05, 3.63) is 65.2 Å². The number of Topliss-reactive ketones (excluding diaryl/α,β-unsaturated/α-hetero) is 1. The van der Waals surface area contributed by atoms with Gasteiger partial charge < -0.3 is 4.74 Å². The first-order valence-corrected chi connectivity index (χ1v) is 8.48.